The molecule has 0 bridgehead atoms. The number of halogens is 1. The molecule has 1 atom stereocenters. The number of rotatable bonds is 5. The van der Waals surface area contributed by atoms with Crippen molar-refractivity contribution in [3.05, 3.63) is 42.7 Å². The van der Waals surface area contributed by atoms with Gasteiger partial charge in [-0.1, -0.05) is 13.8 Å². The van der Waals surface area contributed by atoms with Crippen LogP contribution in [0.15, 0.2) is 36.9 Å². The van der Waals surface area contributed by atoms with E-state index in [4.69, 9.17) is 5.73 Å². The number of carbonyl (C=O) groups is 1. The van der Waals surface area contributed by atoms with Crippen LogP contribution in [0.5, 0.6) is 0 Å². The molecule has 0 fully saturated rings. The fraction of sp³-hybridized carbons (Fsp3) is 0.333. The maximum atomic E-state index is 14.0. The average Bonchev–Trinajstić information content (AvgIpc) is 2.91. The molecule has 2 rings (SSSR count). The van der Waals surface area contributed by atoms with Crippen LogP contribution in [-0.4, -0.2) is 21.5 Å². The first-order valence-corrected chi connectivity index (χ1v) is 6.81. The highest BCUT2D eigenvalue weighted by Gasteiger charge is 2.15. The van der Waals surface area contributed by atoms with Gasteiger partial charge in [0.05, 0.1) is 18.1 Å². The van der Waals surface area contributed by atoms with Crippen LogP contribution in [0.25, 0.3) is 5.69 Å². The average molecular weight is 290 g/mol. The first-order chi connectivity index (χ1) is 9.97. The summed E-state index contributed by atoms with van der Waals surface area (Å²) in [5.74, 6) is -0.423. The summed E-state index contributed by atoms with van der Waals surface area (Å²) in [6, 6.07) is 3.90. The summed E-state index contributed by atoms with van der Waals surface area (Å²) in [6.45, 7) is 3.99. The van der Waals surface area contributed by atoms with E-state index in [0.717, 1.165) is 0 Å². The van der Waals surface area contributed by atoms with Gasteiger partial charge in [-0.25, -0.2) is 9.37 Å². The lowest BCUT2D eigenvalue weighted by atomic mass is 10.0. The third kappa shape index (κ3) is 3.88. The van der Waals surface area contributed by atoms with Crippen molar-refractivity contribution in [2.45, 2.75) is 26.3 Å². The molecule has 2 aromatic rings. The molecule has 3 N–H and O–H groups in total. The van der Waals surface area contributed by atoms with E-state index in [0.29, 0.717) is 23.7 Å². The molecule has 1 amide bonds. The van der Waals surface area contributed by atoms with E-state index in [9.17, 15) is 9.18 Å². The third-order valence-electron chi connectivity index (χ3n) is 3.06. The number of hydrogen-bond donors (Lipinski definition) is 2. The van der Waals surface area contributed by atoms with Crippen LogP contribution in [-0.2, 0) is 4.79 Å². The second-order valence-electron chi connectivity index (χ2n) is 5.36. The van der Waals surface area contributed by atoms with Gasteiger partial charge in [-0.3, -0.25) is 4.79 Å². The van der Waals surface area contributed by atoms with E-state index in [1.807, 2.05) is 13.8 Å². The van der Waals surface area contributed by atoms with E-state index < -0.39 is 11.9 Å². The highest BCUT2D eigenvalue weighted by Crippen LogP contribution is 2.18. The smallest absolute Gasteiger partial charge is 0.241 e. The molecule has 0 radical (unpaired) electrons. The van der Waals surface area contributed by atoms with Crippen molar-refractivity contribution in [1.82, 2.24) is 9.55 Å². The molecule has 5 nitrogen and oxygen atoms in total. The van der Waals surface area contributed by atoms with Gasteiger partial charge < -0.3 is 15.6 Å². The van der Waals surface area contributed by atoms with Crippen molar-refractivity contribution < 1.29 is 9.18 Å². The zero-order valence-corrected chi connectivity index (χ0v) is 12.1. The number of nitrogens with two attached hydrogens (primary N) is 1. The maximum Gasteiger partial charge on any atom is 0.241 e. The molecule has 21 heavy (non-hydrogen) atoms. The maximum absolute atomic E-state index is 14.0. The van der Waals surface area contributed by atoms with E-state index in [1.165, 1.54) is 12.4 Å². The van der Waals surface area contributed by atoms with Gasteiger partial charge in [-0.15, -0.1) is 0 Å². The van der Waals surface area contributed by atoms with Crippen molar-refractivity contribution in [3.63, 3.8) is 0 Å². The Kier molecular flexibility index (Phi) is 4.70. The largest absolute Gasteiger partial charge is 0.325 e. The number of carbonyl (C=O) groups excluding carboxylic acids is 1. The van der Waals surface area contributed by atoms with Crippen LogP contribution in [0, 0.1) is 11.7 Å². The quantitative estimate of drug-likeness (QED) is 0.887. The summed E-state index contributed by atoms with van der Waals surface area (Å²) < 4.78 is 15.6. The topological polar surface area (TPSA) is 72.9 Å². The highest BCUT2D eigenvalue weighted by atomic mass is 19.1. The summed E-state index contributed by atoms with van der Waals surface area (Å²) >= 11 is 0. The molecular formula is C15H19FN4O. The minimum absolute atomic E-state index is 0.307. The minimum Gasteiger partial charge on any atom is -0.325 e. The molecule has 0 saturated carbocycles. The molecule has 1 aromatic heterocycles. The van der Waals surface area contributed by atoms with Crippen molar-refractivity contribution >= 4 is 11.6 Å². The summed E-state index contributed by atoms with van der Waals surface area (Å²) in [4.78, 5) is 15.8. The molecular weight excluding hydrogens is 271 g/mol. The van der Waals surface area contributed by atoms with E-state index in [-0.39, 0.29) is 5.91 Å². The molecule has 0 aliphatic carbocycles. The normalized spacial score (nSPS) is 12.4. The zero-order valence-electron chi connectivity index (χ0n) is 12.1. The Morgan fingerprint density at radius 2 is 2.24 bits per heavy atom. The van der Waals surface area contributed by atoms with Crippen LogP contribution in [0.3, 0.4) is 0 Å². The van der Waals surface area contributed by atoms with Gasteiger partial charge in [-0.05, 0) is 30.5 Å². The summed E-state index contributed by atoms with van der Waals surface area (Å²) in [7, 11) is 0. The predicted molar refractivity (Wildman–Crippen MR) is 79.6 cm³/mol. The van der Waals surface area contributed by atoms with Gasteiger partial charge in [-0.2, -0.15) is 0 Å². The molecule has 112 valence electrons. The van der Waals surface area contributed by atoms with Gasteiger partial charge in [0, 0.05) is 18.1 Å². The lowest BCUT2D eigenvalue weighted by Gasteiger charge is -2.14. The standard InChI is InChI=1S/C15H19FN4O/c1-10(2)7-13(17)15(21)19-11-3-4-14(12(16)8-11)20-6-5-18-9-20/h3-6,8-10,13H,7,17H2,1-2H3,(H,19,21)/t13-/m0/s1. The predicted octanol–water partition coefficient (Wildman–Crippen LogP) is 2.32. The molecule has 1 heterocycles. The Hall–Kier alpha value is -2.21. The van der Waals surface area contributed by atoms with E-state index >= 15 is 0 Å². The monoisotopic (exact) mass is 290 g/mol. The molecule has 0 saturated heterocycles. The summed E-state index contributed by atoms with van der Waals surface area (Å²) in [5, 5.41) is 2.63. The fourth-order valence-corrected chi connectivity index (χ4v) is 2.05. The summed E-state index contributed by atoms with van der Waals surface area (Å²) in [5.41, 5.74) is 6.55. The van der Waals surface area contributed by atoms with Gasteiger partial charge in [0.1, 0.15) is 5.82 Å². The van der Waals surface area contributed by atoms with E-state index in [1.54, 1.807) is 29.1 Å². The van der Waals surface area contributed by atoms with Gasteiger partial charge >= 0.3 is 0 Å². The second-order valence-corrected chi connectivity index (χ2v) is 5.36. The molecule has 0 unspecified atom stereocenters. The number of imidazole rings is 1. The number of nitrogens with zero attached hydrogens (tertiary/aromatic N) is 2. The lowest BCUT2D eigenvalue weighted by molar-refractivity contribution is -0.117. The Bertz CT molecular complexity index is 610. The highest BCUT2D eigenvalue weighted by molar-refractivity contribution is 5.94. The molecule has 1 aromatic carbocycles. The van der Waals surface area contributed by atoms with Crippen LogP contribution in [0.4, 0.5) is 10.1 Å². The van der Waals surface area contributed by atoms with Crippen molar-refractivity contribution in [3.8, 4) is 5.69 Å². The van der Waals surface area contributed by atoms with Gasteiger partial charge in [0.25, 0.3) is 0 Å². The lowest BCUT2D eigenvalue weighted by Crippen LogP contribution is -2.36. The molecule has 0 aliphatic rings. The van der Waals surface area contributed by atoms with Crippen molar-refractivity contribution in [2.24, 2.45) is 11.7 Å². The zero-order chi connectivity index (χ0) is 15.4. The van der Waals surface area contributed by atoms with Crippen molar-refractivity contribution in [1.29, 1.82) is 0 Å². The van der Waals surface area contributed by atoms with Crippen LogP contribution in [0.2, 0.25) is 0 Å². The van der Waals surface area contributed by atoms with Crippen LogP contribution >= 0.6 is 0 Å². The number of benzene rings is 1. The summed E-state index contributed by atoms with van der Waals surface area (Å²) in [6.07, 6.45) is 5.31. The Labute approximate surface area is 123 Å². The van der Waals surface area contributed by atoms with Gasteiger partial charge in [0.15, 0.2) is 0 Å². The first kappa shape index (κ1) is 15.2. The number of aromatic nitrogens is 2. The molecule has 0 aliphatic heterocycles. The minimum atomic E-state index is -0.596. The molecule has 6 heteroatoms. The van der Waals surface area contributed by atoms with Crippen LogP contribution < -0.4 is 11.1 Å². The fourth-order valence-electron chi connectivity index (χ4n) is 2.05. The number of nitrogens with one attached hydrogen (secondary N) is 1. The number of hydrogen-bond acceptors (Lipinski definition) is 3. The first-order valence-electron chi connectivity index (χ1n) is 6.81. The molecule has 0 spiro atoms. The van der Waals surface area contributed by atoms with Gasteiger partial charge in [0.2, 0.25) is 5.91 Å². The van der Waals surface area contributed by atoms with E-state index in [2.05, 4.69) is 10.3 Å². The second kappa shape index (κ2) is 6.49. The van der Waals surface area contributed by atoms with Crippen LogP contribution in [0.1, 0.15) is 20.3 Å². The number of amides is 1. The SMILES string of the molecule is CC(C)C[C@H](N)C(=O)Nc1ccc(-n2ccnc2)c(F)c1. The Morgan fingerprint density at radius 3 is 2.81 bits per heavy atom. The number of anilines is 1. The third-order valence-corrected chi connectivity index (χ3v) is 3.06. The van der Waals surface area contributed by atoms with Crippen molar-refractivity contribution in [2.75, 3.05) is 5.32 Å². The Balaban J connectivity index is 2.09. The Morgan fingerprint density at radius 1 is 1.48 bits per heavy atom.